The van der Waals surface area contributed by atoms with Crippen molar-refractivity contribution in [3.05, 3.63) is 23.8 Å². The fourth-order valence-electron chi connectivity index (χ4n) is 5.09. The van der Waals surface area contributed by atoms with Gasteiger partial charge in [-0.25, -0.2) is 0 Å². The molecular formula is C25H42IN3O4. The van der Waals surface area contributed by atoms with Crippen molar-refractivity contribution in [3.8, 4) is 11.5 Å². The second kappa shape index (κ2) is 13.6. The van der Waals surface area contributed by atoms with Crippen LogP contribution in [0.1, 0.15) is 57.4 Å². The van der Waals surface area contributed by atoms with Gasteiger partial charge in [0.05, 0.1) is 27.4 Å². The highest BCUT2D eigenvalue weighted by Crippen LogP contribution is 2.42. The van der Waals surface area contributed by atoms with Gasteiger partial charge < -0.3 is 30.0 Å². The number of rotatable bonds is 10. The van der Waals surface area contributed by atoms with E-state index >= 15 is 0 Å². The topological polar surface area (TPSA) is 84.3 Å². The molecule has 0 bridgehead atoms. The monoisotopic (exact) mass is 575 g/mol. The zero-order valence-electron chi connectivity index (χ0n) is 20.5. The van der Waals surface area contributed by atoms with Crippen LogP contribution in [0.4, 0.5) is 0 Å². The number of guanidine groups is 1. The molecule has 0 amide bonds. The molecule has 188 valence electrons. The second-order valence-corrected chi connectivity index (χ2v) is 9.24. The maximum Gasteiger partial charge on any atom is 0.191 e. The Balaban J connectivity index is 0.00000385. The Hall–Kier alpha value is -1.26. The number of hydrogen-bond acceptors (Lipinski definition) is 5. The molecule has 1 aromatic rings. The van der Waals surface area contributed by atoms with Gasteiger partial charge in [0.2, 0.25) is 0 Å². The van der Waals surface area contributed by atoms with Crippen molar-refractivity contribution in [1.82, 2.24) is 10.6 Å². The summed E-state index contributed by atoms with van der Waals surface area (Å²) in [5.41, 5.74) is 1.27. The Morgan fingerprint density at radius 2 is 1.85 bits per heavy atom. The summed E-state index contributed by atoms with van der Waals surface area (Å²) in [6.07, 6.45) is 7.68. The largest absolute Gasteiger partial charge is 0.493 e. The van der Waals surface area contributed by atoms with Crippen LogP contribution in [0.25, 0.3) is 0 Å². The normalized spacial score (nSPS) is 22.4. The van der Waals surface area contributed by atoms with Crippen molar-refractivity contribution in [2.45, 2.75) is 57.3 Å². The smallest absolute Gasteiger partial charge is 0.191 e. The fourth-order valence-corrected chi connectivity index (χ4v) is 5.09. The minimum Gasteiger partial charge on any atom is -0.493 e. The highest BCUT2D eigenvalue weighted by atomic mass is 127. The van der Waals surface area contributed by atoms with E-state index in [9.17, 15) is 5.11 Å². The van der Waals surface area contributed by atoms with Gasteiger partial charge in [-0.3, -0.25) is 4.99 Å². The molecule has 7 nitrogen and oxygen atoms in total. The van der Waals surface area contributed by atoms with E-state index in [-0.39, 0.29) is 41.4 Å². The van der Waals surface area contributed by atoms with Gasteiger partial charge in [0.25, 0.3) is 0 Å². The molecule has 1 aliphatic heterocycles. The van der Waals surface area contributed by atoms with E-state index in [1.165, 1.54) is 24.8 Å². The van der Waals surface area contributed by atoms with Gasteiger partial charge in [-0.2, -0.15) is 0 Å². The molecule has 0 radical (unpaired) electrons. The average Bonchev–Trinajstić information content (AvgIpc) is 3.30. The molecule has 1 aliphatic carbocycles. The molecule has 0 aromatic heterocycles. The number of nitrogens with one attached hydrogen (secondary N) is 2. The van der Waals surface area contributed by atoms with Crippen molar-refractivity contribution in [2.75, 3.05) is 53.7 Å². The molecule has 1 saturated heterocycles. The minimum atomic E-state index is -0.0526. The molecule has 1 unspecified atom stereocenters. The van der Waals surface area contributed by atoms with Crippen molar-refractivity contribution in [3.63, 3.8) is 0 Å². The predicted molar refractivity (Wildman–Crippen MR) is 143 cm³/mol. The SMILES string of the molecule is CCNC(=NCC1(CCO)CCOC1)NCC1(c2ccc(OC)c(OC)c2)CCCCC1.I. The Kier molecular flexibility index (Phi) is 11.5. The first-order valence-electron chi connectivity index (χ1n) is 12.0. The third kappa shape index (κ3) is 7.11. The molecule has 2 aliphatic rings. The van der Waals surface area contributed by atoms with Crippen LogP contribution in [-0.2, 0) is 10.2 Å². The minimum absolute atomic E-state index is 0. The number of aliphatic hydroxyl groups excluding tert-OH is 1. The highest BCUT2D eigenvalue weighted by Gasteiger charge is 2.36. The van der Waals surface area contributed by atoms with E-state index in [2.05, 4.69) is 29.7 Å². The number of aliphatic imine (C=N–C) groups is 1. The molecular weight excluding hydrogens is 533 g/mol. The molecule has 2 fully saturated rings. The highest BCUT2D eigenvalue weighted by molar-refractivity contribution is 14.0. The van der Waals surface area contributed by atoms with E-state index in [1.807, 2.05) is 6.07 Å². The third-order valence-corrected chi connectivity index (χ3v) is 7.14. The molecule has 1 heterocycles. The summed E-state index contributed by atoms with van der Waals surface area (Å²) in [5.74, 6) is 2.38. The van der Waals surface area contributed by atoms with Crippen LogP contribution in [0.5, 0.6) is 11.5 Å². The number of hydrogen-bond donors (Lipinski definition) is 3. The maximum absolute atomic E-state index is 9.52. The summed E-state index contributed by atoms with van der Waals surface area (Å²) in [6.45, 7) is 5.96. The third-order valence-electron chi connectivity index (χ3n) is 7.14. The van der Waals surface area contributed by atoms with E-state index in [0.29, 0.717) is 13.2 Å². The lowest BCUT2D eigenvalue weighted by molar-refractivity contribution is 0.131. The van der Waals surface area contributed by atoms with Gasteiger partial charge in [-0.05, 0) is 50.3 Å². The van der Waals surface area contributed by atoms with E-state index < -0.39 is 0 Å². The van der Waals surface area contributed by atoms with E-state index in [0.717, 1.165) is 62.8 Å². The first kappa shape index (κ1) is 28.0. The van der Waals surface area contributed by atoms with Crippen LogP contribution in [0.3, 0.4) is 0 Å². The predicted octanol–water partition coefficient (Wildman–Crippen LogP) is 3.87. The zero-order valence-corrected chi connectivity index (χ0v) is 22.8. The molecule has 1 saturated carbocycles. The van der Waals surface area contributed by atoms with Crippen molar-refractivity contribution < 1.29 is 19.3 Å². The number of benzene rings is 1. The lowest BCUT2D eigenvalue weighted by Crippen LogP contribution is -2.47. The Morgan fingerprint density at radius 1 is 1.09 bits per heavy atom. The van der Waals surface area contributed by atoms with Gasteiger partial charge in [0.15, 0.2) is 17.5 Å². The standard InChI is InChI=1S/C25H41N3O4.HI/c1-4-26-23(27-17-24(12-14-29)13-15-32-19-24)28-18-25(10-6-5-7-11-25)20-8-9-21(30-2)22(16-20)31-3;/h8-9,16,29H,4-7,10-15,17-19H2,1-3H3,(H2,26,27,28);1H. The first-order valence-corrected chi connectivity index (χ1v) is 12.0. The lowest BCUT2D eigenvalue weighted by Gasteiger charge is -2.39. The van der Waals surface area contributed by atoms with Gasteiger partial charge in [-0.15, -0.1) is 24.0 Å². The number of methoxy groups -OCH3 is 2. The fraction of sp³-hybridized carbons (Fsp3) is 0.720. The van der Waals surface area contributed by atoms with E-state index in [1.54, 1.807) is 14.2 Å². The summed E-state index contributed by atoms with van der Waals surface area (Å²) >= 11 is 0. The summed E-state index contributed by atoms with van der Waals surface area (Å²) in [5, 5.41) is 16.6. The van der Waals surface area contributed by atoms with Gasteiger partial charge in [-0.1, -0.05) is 25.3 Å². The van der Waals surface area contributed by atoms with Crippen molar-refractivity contribution >= 4 is 29.9 Å². The number of aliphatic hydroxyl groups is 1. The molecule has 8 heteroatoms. The summed E-state index contributed by atoms with van der Waals surface area (Å²) < 4.78 is 16.7. The molecule has 3 N–H and O–H groups in total. The van der Waals surface area contributed by atoms with Crippen LogP contribution >= 0.6 is 24.0 Å². The molecule has 3 rings (SSSR count). The molecule has 1 aromatic carbocycles. The summed E-state index contributed by atoms with van der Waals surface area (Å²) in [7, 11) is 3.37. The van der Waals surface area contributed by atoms with E-state index in [4.69, 9.17) is 19.2 Å². The van der Waals surface area contributed by atoms with Crippen molar-refractivity contribution in [2.24, 2.45) is 10.4 Å². The lowest BCUT2D eigenvalue weighted by atomic mass is 9.69. The number of halogens is 1. The van der Waals surface area contributed by atoms with Crippen LogP contribution in [0, 0.1) is 5.41 Å². The Labute approximate surface area is 216 Å². The van der Waals surface area contributed by atoms with Gasteiger partial charge >= 0.3 is 0 Å². The first-order chi connectivity index (χ1) is 15.6. The summed E-state index contributed by atoms with van der Waals surface area (Å²) in [4.78, 5) is 4.92. The van der Waals surface area contributed by atoms with Gasteiger partial charge in [0, 0.05) is 37.1 Å². The van der Waals surface area contributed by atoms with Crippen LogP contribution in [0.15, 0.2) is 23.2 Å². The molecule has 1 atom stereocenters. The van der Waals surface area contributed by atoms with Crippen LogP contribution in [-0.4, -0.2) is 64.7 Å². The van der Waals surface area contributed by atoms with Gasteiger partial charge in [0.1, 0.15) is 0 Å². The molecule has 33 heavy (non-hydrogen) atoms. The number of ether oxygens (including phenoxy) is 3. The van der Waals surface area contributed by atoms with Crippen LogP contribution < -0.4 is 20.1 Å². The summed E-state index contributed by atoms with van der Waals surface area (Å²) in [6, 6.07) is 6.34. The van der Waals surface area contributed by atoms with Crippen LogP contribution in [0.2, 0.25) is 0 Å². The Morgan fingerprint density at radius 3 is 2.45 bits per heavy atom. The zero-order chi connectivity index (χ0) is 22.9. The average molecular weight is 576 g/mol. The quantitative estimate of drug-likeness (QED) is 0.223. The molecule has 0 spiro atoms. The number of nitrogens with zero attached hydrogens (tertiary/aromatic N) is 1. The second-order valence-electron chi connectivity index (χ2n) is 9.24. The maximum atomic E-state index is 9.52. The van der Waals surface area contributed by atoms with Crippen molar-refractivity contribution in [1.29, 1.82) is 0 Å². The Bertz CT molecular complexity index is 747.